The molecule has 2 N–H and O–H groups in total. The van der Waals surface area contributed by atoms with E-state index in [2.05, 4.69) is 52.9 Å². The number of hydrogen-bond donors (Lipinski definition) is 2. The zero-order chi connectivity index (χ0) is 15.4. The van der Waals surface area contributed by atoms with Gasteiger partial charge in [0.15, 0.2) is 5.11 Å². The number of aromatic nitrogens is 1. The highest BCUT2D eigenvalue weighted by molar-refractivity contribution is 7.80. The Bertz CT molecular complexity index is 631. The molecular weight excluding hydrogens is 290 g/mol. The van der Waals surface area contributed by atoms with Crippen LogP contribution in [0.15, 0.2) is 48.8 Å². The lowest BCUT2D eigenvalue weighted by Gasteiger charge is -2.32. The molecule has 4 heteroatoms. The Balaban J connectivity index is 1.74. The van der Waals surface area contributed by atoms with Crippen LogP contribution in [0.4, 0.5) is 5.69 Å². The number of hydrogen-bond acceptors (Lipinski definition) is 2. The fraction of sp³-hybridized carbons (Fsp3) is 0.333. The average molecular weight is 311 g/mol. The maximum Gasteiger partial charge on any atom is 0.171 e. The second-order valence-electron chi connectivity index (χ2n) is 5.98. The summed E-state index contributed by atoms with van der Waals surface area (Å²) in [6.07, 6.45) is 8.38. The summed E-state index contributed by atoms with van der Waals surface area (Å²) < 4.78 is 0. The SMILES string of the molecule is Cc1ccc(NC(=S)NC2(c3cccnc3)CCCC2)cc1. The molecule has 0 aliphatic heterocycles. The second-order valence-corrected chi connectivity index (χ2v) is 6.38. The van der Waals surface area contributed by atoms with Crippen molar-refractivity contribution in [1.82, 2.24) is 10.3 Å². The number of thiocarbonyl (C=S) groups is 1. The van der Waals surface area contributed by atoms with Crippen LogP contribution < -0.4 is 10.6 Å². The van der Waals surface area contributed by atoms with Crippen LogP contribution in [0.25, 0.3) is 0 Å². The van der Waals surface area contributed by atoms with Crippen molar-refractivity contribution < 1.29 is 0 Å². The van der Waals surface area contributed by atoms with Gasteiger partial charge < -0.3 is 10.6 Å². The van der Waals surface area contributed by atoms with Gasteiger partial charge in [0.1, 0.15) is 0 Å². The van der Waals surface area contributed by atoms with Crippen LogP contribution in [0.2, 0.25) is 0 Å². The molecule has 0 atom stereocenters. The minimum absolute atomic E-state index is 0.0803. The molecule has 3 nitrogen and oxygen atoms in total. The van der Waals surface area contributed by atoms with Crippen LogP contribution in [0.1, 0.15) is 36.8 Å². The Hall–Kier alpha value is -1.94. The highest BCUT2D eigenvalue weighted by Gasteiger charge is 2.36. The monoisotopic (exact) mass is 311 g/mol. The Morgan fingerprint density at radius 3 is 2.50 bits per heavy atom. The van der Waals surface area contributed by atoms with Crippen molar-refractivity contribution in [3.8, 4) is 0 Å². The Morgan fingerprint density at radius 1 is 1.14 bits per heavy atom. The van der Waals surface area contributed by atoms with E-state index < -0.39 is 0 Å². The van der Waals surface area contributed by atoms with E-state index in [9.17, 15) is 0 Å². The topological polar surface area (TPSA) is 37.0 Å². The summed E-state index contributed by atoms with van der Waals surface area (Å²) in [5, 5.41) is 7.52. The highest BCUT2D eigenvalue weighted by atomic mass is 32.1. The molecule has 0 spiro atoms. The van der Waals surface area contributed by atoms with Crippen molar-refractivity contribution in [1.29, 1.82) is 0 Å². The Kier molecular flexibility index (Phi) is 4.39. The molecular formula is C18H21N3S. The molecule has 0 saturated heterocycles. The summed E-state index contributed by atoms with van der Waals surface area (Å²) in [6.45, 7) is 2.08. The fourth-order valence-corrected chi connectivity index (χ4v) is 3.44. The predicted molar refractivity (Wildman–Crippen MR) is 94.9 cm³/mol. The smallest absolute Gasteiger partial charge is 0.171 e. The standard InChI is InChI=1S/C18H21N3S/c1-14-6-8-16(9-7-14)20-17(22)21-18(10-2-3-11-18)15-5-4-12-19-13-15/h4-9,12-13H,2-3,10-11H2,1H3,(H2,20,21,22). The maximum atomic E-state index is 5.53. The van der Waals surface area contributed by atoms with E-state index in [1.54, 1.807) is 0 Å². The number of rotatable bonds is 3. The molecule has 1 fully saturated rings. The van der Waals surface area contributed by atoms with Gasteiger partial charge in [0.2, 0.25) is 0 Å². The molecule has 1 aliphatic rings. The summed E-state index contributed by atoms with van der Waals surface area (Å²) in [6, 6.07) is 12.4. The molecule has 0 radical (unpaired) electrons. The number of pyridine rings is 1. The first-order valence-electron chi connectivity index (χ1n) is 7.74. The molecule has 1 saturated carbocycles. The maximum absolute atomic E-state index is 5.53. The molecule has 3 rings (SSSR count). The van der Waals surface area contributed by atoms with Gasteiger partial charge in [-0.1, -0.05) is 36.6 Å². The molecule has 1 aromatic carbocycles. The lowest BCUT2D eigenvalue weighted by Crippen LogP contribution is -2.45. The van der Waals surface area contributed by atoms with Gasteiger partial charge in [-0.05, 0) is 55.7 Å². The van der Waals surface area contributed by atoms with Crippen molar-refractivity contribution >= 4 is 23.0 Å². The zero-order valence-corrected chi connectivity index (χ0v) is 13.6. The van der Waals surface area contributed by atoms with Gasteiger partial charge in [-0.2, -0.15) is 0 Å². The number of aryl methyl sites for hydroxylation is 1. The molecule has 22 heavy (non-hydrogen) atoms. The van der Waals surface area contributed by atoms with E-state index in [4.69, 9.17) is 12.2 Å². The van der Waals surface area contributed by atoms with E-state index >= 15 is 0 Å². The Labute approximate surface area is 137 Å². The lowest BCUT2D eigenvalue weighted by atomic mass is 9.89. The van der Waals surface area contributed by atoms with Crippen molar-refractivity contribution in [2.75, 3.05) is 5.32 Å². The number of benzene rings is 1. The minimum Gasteiger partial charge on any atom is -0.353 e. The van der Waals surface area contributed by atoms with Crippen LogP contribution >= 0.6 is 12.2 Å². The average Bonchev–Trinajstić information content (AvgIpc) is 3.00. The van der Waals surface area contributed by atoms with Gasteiger partial charge in [-0.15, -0.1) is 0 Å². The summed E-state index contributed by atoms with van der Waals surface area (Å²) in [5.74, 6) is 0. The molecule has 114 valence electrons. The molecule has 2 aromatic rings. The van der Waals surface area contributed by atoms with Gasteiger partial charge in [0, 0.05) is 18.1 Å². The van der Waals surface area contributed by atoms with Crippen LogP contribution in [0, 0.1) is 6.92 Å². The van der Waals surface area contributed by atoms with Gasteiger partial charge in [0.25, 0.3) is 0 Å². The van der Waals surface area contributed by atoms with Gasteiger partial charge in [-0.25, -0.2) is 0 Å². The van der Waals surface area contributed by atoms with Crippen molar-refractivity contribution in [3.63, 3.8) is 0 Å². The number of anilines is 1. The van der Waals surface area contributed by atoms with Gasteiger partial charge >= 0.3 is 0 Å². The molecule has 0 amide bonds. The van der Waals surface area contributed by atoms with Crippen LogP contribution in [-0.4, -0.2) is 10.1 Å². The highest BCUT2D eigenvalue weighted by Crippen LogP contribution is 2.38. The Morgan fingerprint density at radius 2 is 1.86 bits per heavy atom. The van der Waals surface area contributed by atoms with Crippen LogP contribution in [0.3, 0.4) is 0 Å². The van der Waals surface area contributed by atoms with Crippen LogP contribution in [-0.2, 0) is 5.54 Å². The first-order valence-corrected chi connectivity index (χ1v) is 8.15. The van der Waals surface area contributed by atoms with Gasteiger partial charge in [-0.3, -0.25) is 4.98 Å². The van der Waals surface area contributed by atoms with Crippen molar-refractivity contribution in [2.24, 2.45) is 0 Å². The summed E-state index contributed by atoms with van der Waals surface area (Å²) >= 11 is 5.53. The third-order valence-corrected chi connectivity index (χ3v) is 4.54. The molecule has 0 bridgehead atoms. The molecule has 1 aliphatic carbocycles. The summed E-state index contributed by atoms with van der Waals surface area (Å²) in [7, 11) is 0. The lowest BCUT2D eigenvalue weighted by molar-refractivity contribution is 0.407. The van der Waals surface area contributed by atoms with Crippen molar-refractivity contribution in [3.05, 3.63) is 59.9 Å². The van der Waals surface area contributed by atoms with Crippen molar-refractivity contribution in [2.45, 2.75) is 38.1 Å². The predicted octanol–water partition coefficient (Wildman–Crippen LogP) is 4.15. The van der Waals surface area contributed by atoms with E-state index in [0.717, 1.165) is 18.5 Å². The fourth-order valence-electron chi connectivity index (χ4n) is 3.13. The second kappa shape index (κ2) is 6.44. The normalized spacial score (nSPS) is 16.2. The summed E-state index contributed by atoms with van der Waals surface area (Å²) in [5.41, 5.74) is 3.40. The first-order chi connectivity index (χ1) is 10.7. The zero-order valence-electron chi connectivity index (χ0n) is 12.8. The van der Waals surface area contributed by atoms with E-state index in [-0.39, 0.29) is 5.54 Å². The quantitative estimate of drug-likeness (QED) is 0.835. The number of nitrogens with one attached hydrogen (secondary N) is 2. The van der Waals surface area contributed by atoms with E-state index in [0.29, 0.717) is 5.11 Å². The molecule has 1 heterocycles. The third kappa shape index (κ3) is 3.28. The van der Waals surface area contributed by atoms with Gasteiger partial charge in [0.05, 0.1) is 5.54 Å². The largest absolute Gasteiger partial charge is 0.353 e. The number of nitrogens with zero attached hydrogens (tertiary/aromatic N) is 1. The third-order valence-electron chi connectivity index (χ3n) is 4.33. The molecule has 1 aromatic heterocycles. The first kappa shape index (κ1) is 15.0. The van der Waals surface area contributed by atoms with E-state index in [1.807, 2.05) is 18.5 Å². The molecule has 0 unspecified atom stereocenters. The summed E-state index contributed by atoms with van der Waals surface area (Å²) in [4.78, 5) is 4.27. The van der Waals surface area contributed by atoms with E-state index in [1.165, 1.54) is 24.0 Å². The van der Waals surface area contributed by atoms with Crippen LogP contribution in [0.5, 0.6) is 0 Å². The minimum atomic E-state index is -0.0803.